The van der Waals surface area contributed by atoms with Gasteiger partial charge in [-0.3, -0.25) is 0 Å². The van der Waals surface area contributed by atoms with Gasteiger partial charge in [-0.25, -0.2) is 0 Å². The molecule has 0 spiro atoms. The third-order valence-corrected chi connectivity index (χ3v) is 4.77. The molecule has 3 rings (SSSR count). The van der Waals surface area contributed by atoms with E-state index in [1.165, 1.54) is 36.1 Å². The van der Waals surface area contributed by atoms with Crippen molar-refractivity contribution in [2.24, 2.45) is 5.73 Å². The van der Waals surface area contributed by atoms with Gasteiger partial charge in [-0.15, -0.1) is 11.3 Å². The zero-order valence-electron chi connectivity index (χ0n) is 11.9. The normalized spacial score (nSPS) is 16.4. The van der Waals surface area contributed by atoms with Crippen LogP contribution < -0.4 is 5.73 Å². The summed E-state index contributed by atoms with van der Waals surface area (Å²) in [5.74, 6) is 1.19. The second-order valence-corrected chi connectivity index (χ2v) is 6.73. The molecular formula is C14H20N4OS. The lowest BCUT2D eigenvalue weighted by Crippen LogP contribution is -2.26. The highest BCUT2D eigenvalue weighted by Gasteiger charge is 2.20. The summed E-state index contributed by atoms with van der Waals surface area (Å²) in [6.45, 7) is 0.708. The van der Waals surface area contributed by atoms with Crippen LogP contribution in [0.2, 0.25) is 0 Å². The number of likely N-dealkylation sites (N-methyl/N-ethyl adjacent to an activating group) is 1. The third kappa shape index (κ3) is 2.77. The minimum atomic E-state index is -0.211. The SMILES string of the molecule is CN(C)CC(N)c1noc(-c2cc3c(s2)CCCC3)n1. The Bertz CT molecular complexity index is 566. The van der Waals surface area contributed by atoms with E-state index in [4.69, 9.17) is 10.3 Å². The van der Waals surface area contributed by atoms with Gasteiger partial charge in [0.05, 0.1) is 10.9 Å². The smallest absolute Gasteiger partial charge is 0.268 e. The first-order chi connectivity index (χ1) is 9.63. The second-order valence-electron chi connectivity index (χ2n) is 5.59. The van der Waals surface area contributed by atoms with Gasteiger partial charge in [0.15, 0.2) is 5.82 Å². The van der Waals surface area contributed by atoms with E-state index >= 15 is 0 Å². The molecule has 108 valence electrons. The summed E-state index contributed by atoms with van der Waals surface area (Å²) in [5.41, 5.74) is 7.51. The van der Waals surface area contributed by atoms with Crippen molar-refractivity contribution in [1.82, 2.24) is 15.0 Å². The fourth-order valence-corrected chi connectivity index (χ4v) is 3.73. The van der Waals surface area contributed by atoms with Gasteiger partial charge in [-0.1, -0.05) is 5.16 Å². The van der Waals surface area contributed by atoms with Gasteiger partial charge in [-0.05, 0) is 51.4 Å². The van der Waals surface area contributed by atoms with Crippen molar-refractivity contribution < 1.29 is 4.52 Å². The van der Waals surface area contributed by atoms with Crippen LogP contribution in [0.4, 0.5) is 0 Å². The van der Waals surface area contributed by atoms with E-state index < -0.39 is 0 Å². The Morgan fingerprint density at radius 2 is 2.20 bits per heavy atom. The lowest BCUT2D eigenvalue weighted by molar-refractivity contribution is 0.357. The molecule has 20 heavy (non-hydrogen) atoms. The standard InChI is InChI=1S/C14H20N4OS/c1-18(2)8-10(15)13-16-14(19-17-13)12-7-9-5-3-4-6-11(9)20-12/h7,10H,3-6,8,15H2,1-2H3. The first kappa shape index (κ1) is 13.7. The van der Waals surface area contributed by atoms with Crippen LogP contribution in [0, 0.1) is 0 Å². The molecule has 2 heterocycles. The molecule has 1 aliphatic carbocycles. The van der Waals surface area contributed by atoms with E-state index in [0.717, 1.165) is 4.88 Å². The van der Waals surface area contributed by atoms with E-state index in [1.807, 2.05) is 19.0 Å². The van der Waals surface area contributed by atoms with Crippen LogP contribution in [0.15, 0.2) is 10.6 Å². The van der Waals surface area contributed by atoms with E-state index in [1.54, 1.807) is 11.3 Å². The molecule has 2 aromatic rings. The Kier molecular flexibility index (Phi) is 3.87. The van der Waals surface area contributed by atoms with Crippen LogP contribution in [-0.4, -0.2) is 35.7 Å². The Labute approximate surface area is 122 Å². The third-order valence-electron chi connectivity index (χ3n) is 3.54. The van der Waals surface area contributed by atoms with E-state index in [2.05, 4.69) is 16.2 Å². The summed E-state index contributed by atoms with van der Waals surface area (Å²) in [5, 5.41) is 4.02. The van der Waals surface area contributed by atoms with Crippen molar-refractivity contribution in [2.45, 2.75) is 31.7 Å². The van der Waals surface area contributed by atoms with Crippen LogP contribution in [0.1, 0.15) is 35.1 Å². The second kappa shape index (κ2) is 5.63. The molecule has 1 aliphatic rings. The maximum atomic E-state index is 6.06. The summed E-state index contributed by atoms with van der Waals surface area (Å²) in [6.07, 6.45) is 4.93. The van der Waals surface area contributed by atoms with Gasteiger partial charge >= 0.3 is 0 Å². The van der Waals surface area contributed by atoms with Crippen LogP contribution in [0.3, 0.4) is 0 Å². The monoisotopic (exact) mass is 292 g/mol. The number of rotatable bonds is 4. The Balaban J connectivity index is 1.81. The van der Waals surface area contributed by atoms with Crippen molar-refractivity contribution in [3.8, 4) is 10.8 Å². The molecule has 1 atom stereocenters. The summed E-state index contributed by atoms with van der Waals surface area (Å²) in [6, 6.07) is 1.99. The summed E-state index contributed by atoms with van der Waals surface area (Å²) < 4.78 is 5.38. The lowest BCUT2D eigenvalue weighted by atomic mass is 9.99. The van der Waals surface area contributed by atoms with Gasteiger partial charge < -0.3 is 15.2 Å². The molecule has 5 nitrogen and oxygen atoms in total. The van der Waals surface area contributed by atoms with Crippen LogP contribution in [0.25, 0.3) is 10.8 Å². The van der Waals surface area contributed by atoms with E-state index in [9.17, 15) is 0 Å². The molecule has 1 unspecified atom stereocenters. The number of thiophene rings is 1. The maximum Gasteiger partial charge on any atom is 0.268 e. The quantitative estimate of drug-likeness (QED) is 0.936. The number of hydrogen-bond acceptors (Lipinski definition) is 6. The highest BCUT2D eigenvalue weighted by molar-refractivity contribution is 7.15. The number of fused-ring (bicyclic) bond motifs is 1. The van der Waals surface area contributed by atoms with Crippen molar-refractivity contribution >= 4 is 11.3 Å². The van der Waals surface area contributed by atoms with Gasteiger partial charge in [0.1, 0.15) is 0 Å². The number of nitrogens with two attached hydrogens (primary N) is 1. The van der Waals surface area contributed by atoms with Gasteiger partial charge in [0, 0.05) is 11.4 Å². The number of nitrogens with zero attached hydrogens (tertiary/aromatic N) is 3. The molecule has 0 aliphatic heterocycles. The highest BCUT2D eigenvalue weighted by atomic mass is 32.1. The maximum absolute atomic E-state index is 6.06. The molecule has 0 aromatic carbocycles. The van der Waals surface area contributed by atoms with E-state index in [-0.39, 0.29) is 6.04 Å². The van der Waals surface area contributed by atoms with Gasteiger partial charge in [-0.2, -0.15) is 4.98 Å². The zero-order chi connectivity index (χ0) is 14.1. The van der Waals surface area contributed by atoms with Gasteiger partial charge in [0.25, 0.3) is 5.89 Å². The fraction of sp³-hybridized carbons (Fsp3) is 0.571. The van der Waals surface area contributed by atoms with Crippen LogP contribution in [-0.2, 0) is 12.8 Å². The van der Waals surface area contributed by atoms with Crippen molar-refractivity contribution in [2.75, 3.05) is 20.6 Å². The van der Waals surface area contributed by atoms with Gasteiger partial charge in [0.2, 0.25) is 0 Å². The van der Waals surface area contributed by atoms with Crippen molar-refractivity contribution in [3.63, 3.8) is 0 Å². The molecule has 0 saturated carbocycles. The molecule has 0 bridgehead atoms. The molecule has 2 N–H and O–H groups in total. The fourth-order valence-electron chi connectivity index (χ4n) is 2.56. The minimum Gasteiger partial charge on any atom is -0.333 e. The number of aromatic nitrogens is 2. The predicted molar refractivity (Wildman–Crippen MR) is 79.7 cm³/mol. The molecule has 0 saturated heterocycles. The van der Waals surface area contributed by atoms with E-state index in [0.29, 0.717) is 18.3 Å². The average molecular weight is 292 g/mol. The topological polar surface area (TPSA) is 68.2 Å². The Hall–Kier alpha value is -1.24. The molecule has 0 fully saturated rings. The Morgan fingerprint density at radius 1 is 1.40 bits per heavy atom. The average Bonchev–Trinajstić information content (AvgIpc) is 3.04. The largest absolute Gasteiger partial charge is 0.333 e. The zero-order valence-corrected chi connectivity index (χ0v) is 12.7. The van der Waals surface area contributed by atoms with Crippen LogP contribution >= 0.6 is 11.3 Å². The molecule has 6 heteroatoms. The van der Waals surface area contributed by atoms with Crippen molar-refractivity contribution in [3.05, 3.63) is 22.3 Å². The first-order valence-corrected chi connectivity index (χ1v) is 7.81. The lowest BCUT2D eigenvalue weighted by Gasteiger charge is -2.12. The Morgan fingerprint density at radius 3 is 2.95 bits per heavy atom. The van der Waals surface area contributed by atoms with Crippen LogP contribution in [0.5, 0.6) is 0 Å². The highest BCUT2D eigenvalue weighted by Crippen LogP contribution is 2.35. The number of hydrogen-bond donors (Lipinski definition) is 1. The number of aryl methyl sites for hydroxylation is 2. The molecule has 2 aromatic heterocycles. The minimum absolute atomic E-state index is 0.211. The summed E-state index contributed by atoms with van der Waals surface area (Å²) in [4.78, 5) is 9.03. The first-order valence-electron chi connectivity index (χ1n) is 6.99. The summed E-state index contributed by atoms with van der Waals surface area (Å²) >= 11 is 1.78. The van der Waals surface area contributed by atoms with Crippen molar-refractivity contribution in [1.29, 1.82) is 0 Å². The molecule has 0 amide bonds. The summed E-state index contributed by atoms with van der Waals surface area (Å²) in [7, 11) is 3.96. The molecular weight excluding hydrogens is 272 g/mol. The molecule has 0 radical (unpaired) electrons. The predicted octanol–water partition coefficient (Wildman–Crippen LogP) is 2.24.